The second kappa shape index (κ2) is 6.18. The van der Waals surface area contributed by atoms with Crippen molar-refractivity contribution in [3.8, 4) is 11.3 Å². The number of nitrogens with zero attached hydrogens (tertiary/aromatic N) is 2. The number of aryl methyl sites for hydroxylation is 1. The Morgan fingerprint density at radius 1 is 1.07 bits per heavy atom. The first-order chi connectivity index (χ1) is 14.0. The largest absolute Gasteiger partial charge is 0.273 e. The van der Waals surface area contributed by atoms with E-state index in [2.05, 4.69) is 24.0 Å². The smallest absolute Gasteiger partial charge is 0.239 e. The lowest BCUT2D eigenvalue weighted by atomic mass is 9.49. The van der Waals surface area contributed by atoms with E-state index in [4.69, 9.17) is 11.6 Å². The first kappa shape index (κ1) is 17.7. The number of carbonyl (C=O) groups excluding carboxylic acids is 1. The molecule has 0 radical (unpaired) electrons. The summed E-state index contributed by atoms with van der Waals surface area (Å²) in [7, 11) is 0. The minimum atomic E-state index is -0.210. The Labute approximate surface area is 176 Å². The van der Waals surface area contributed by atoms with Gasteiger partial charge in [0.2, 0.25) is 5.91 Å². The van der Waals surface area contributed by atoms with Crippen LogP contribution >= 0.6 is 11.6 Å². The van der Waals surface area contributed by atoms with Gasteiger partial charge < -0.3 is 0 Å². The van der Waals surface area contributed by atoms with Crippen molar-refractivity contribution in [2.24, 2.45) is 23.2 Å². The summed E-state index contributed by atoms with van der Waals surface area (Å²) in [6, 6.07) is 12.2. The van der Waals surface area contributed by atoms with Crippen LogP contribution in [0.5, 0.6) is 0 Å². The van der Waals surface area contributed by atoms with Crippen LogP contribution in [0.2, 0.25) is 5.02 Å². The number of rotatable bonds is 2. The molecule has 4 bridgehead atoms. The van der Waals surface area contributed by atoms with Crippen molar-refractivity contribution in [2.45, 2.75) is 45.4 Å². The Morgan fingerprint density at radius 3 is 2.31 bits per heavy atom. The summed E-state index contributed by atoms with van der Waals surface area (Å²) in [5, 5.41) is 1.59. The molecule has 7 rings (SSSR count). The summed E-state index contributed by atoms with van der Waals surface area (Å²) in [4.78, 5) is 18.9. The lowest BCUT2D eigenvalue weighted by Gasteiger charge is -2.55. The van der Waals surface area contributed by atoms with E-state index in [9.17, 15) is 4.79 Å². The topological polar surface area (TPSA) is 34.9 Å². The van der Waals surface area contributed by atoms with E-state index >= 15 is 0 Å². The normalized spacial score (nSPS) is 30.2. The number of hydrogen-bond donors (Lipinski definition) is 0. The monoisotopic (exact) mass is 404 g/mol. The standard InChI is InChI=1S/C25H25ClN2O/c1-15-21-10-20(26)14-27-23(21)28(22(15)19-5-3-2-4-6-19)24(29)25-11-16-7-17(12-25)9-18(8-16)13-25/h2-6,10,14,16-18H,7-9,11-13H2,1H3. The summed E-state index contributed by atoms with van der Waals surface area (Å²) in [5.74, 6) is 2.46. The van der Waals surface area contributed by atoms with Crippen LogP contribution in [0, 0.1) is 30.1 Å². The number of carbonyl (C=O) groups is 1. The first-order valence-corrected chi connectivity index (χ1v) is 11.2. The van der Waals surface area contributed by atoms with Crippen LogP contribution in [0.4, 0.5) is 0 Å². The van der Waals surface area contributed by atoms with Crippen molar-refractivity contribution >= 4 is 28.5 Å². The van der Waals surface area contributed by atoms with Gasteiger partial charge in [-0.3, -0.25) is 9.36 Å². The average Bonchev–Trinajstić information content (AvgIpc) is 2.99. The Hall–Kier alpha value is -2.13. The average molecular weight is 405 g/mol. The fourth-order valence-corrected chi connectivity index (χ4v) is 7.19. The van der Waals surface area contributed by atoms with Crippen molar-refractivity contribution in [3.05, 3.63) is 53.2 Å². The maximum Gasteiger partial charge on any atom is 0.239 e. The number of fused-ring (bicyclic) bond motifs is 1. The van der Waals surface area contributed by atoms with E-state index in [1.165, 1.54) is 19.3 Å². The molecule has 0 saturated heterocycles. The van der Waals surface area contributed by atoms with Crippen LogP contribution < -0.4 is 0 Å². The number of halogens is 1. The van der Waals surface area contributed by atoms with Crippen molar-refractivity contribution < 1.29 is 4.79 Å². The van der Waals surface area contributed by atoms with Gasteiger partial charge in [0.25, 0.3) is 0 Å². The number of pyridine rings is 1. The quantitative estimate of drug-likeness (QED) is 0.487. The minimum absolute atomic E-state index is 0.210. The molecule has 3 nitrogen and oxygen atoms in total. The Balaban J connectivity index is 1.58. The maximum absolute atomic E-state index is 14.3. The maximum atomic E-state index is 14.3. The molecule has 2 heterocycles. The molecule has 0 spiro atoms. The highest BCUT2D eigenvalue weighted by atomic mass is 35.5. The van der Waals surface area contributed by atoms with Gasteiger partial charge in [-0.05, 0) is 80.4 Å². The zero-order chi connectivity index (χ0) is 19.8. The molecule has 0 N–H and O–H groups in total. The van der Waals surface area contributed by atoms with Crippen LogP contribution in [-0.4, -0.2) is 15.5 Å². The highest BCUT2D eigenvalue weighted by Gasteiger charge is 2.55. The van der Waals surface area contributed by atoms with Gasteiger partial charge in [0.05, 0.1) is 16.1 Å². The minimum Gasteiger partial charge on any atom is -0.273 e. The van der Waals surface area contributed by atoms with Gasteiger partial charge in [-0.2, -0.15) is 0 Å². The van der Waals surface area contributed by atoms with Gasteiger partial charge in [0.15, 0.2) is 0 Å². The predicted octanol–water partition coefficient (Wildman–Crippen LogP) is 6.52. The van der Waals surface area contributed by atoms with E-state index in [-0.39, 0.29) is 11.3 Å². The first-order valence-electron chi connectivity index (χ1n) is 10.8. The zero-order valence-corrected chi connectivity index (χ0v) is 17.5. The second-order valence-corrected chi connectivity index (χ2v) is 10.1. The predicted molar refractivity (Wildman–Crippen MR) is 116 cm³/mol. The van der Waals surface area contributed by atoms with Crippen molar-refractivity contribution in [1.82, 2.24) is 9.55 Å². The molecular formula is C25H25ClN2O. The summed E-state index contributed by atoms with van der Waals surface area (Å²) in [6.07, 6.45) is 8.82. The molecule has 0 amide bonds. The van der Waals surface area contributed by atoms with Crippen LogP contribution in [-0.2, 0) is 0 Å². The fourth-order valence-electron chi connectivity index (χ4n) is 7.04. The molecule has 2 aromatic heterocycles. The van der Waals surface area contributed by atoms with Gasteiger partial charge >= 0.3 is 0 Å². The van der Waals surface area contributed by atoms with Crippen LogP contribution in [0.1, 0.15) is 48.9 Å². The third kappa shape index (κ3) is 2.56. The molecule has 4 aliphatic carbocycles. The van der Waals surface area contributed by atoms with E-state index in [1.54, 1.807) is 6.20 Å². The Bertz CT molecular complexity index is 1100. The van der Waals surface area contributed by atoms with Crippen molar-refractivity contribution in [3.63, 3.8) is 0 Å². The summed E-state index contributed by atoms with van der Waals surface area (Å²) in [6.45, 7) is 2.09. The molecule has 0 atom stereocenters. The van der Waals surface area contributed by atoms with Gasteiger partial charge in [0, 0.05) is 11.6 Å². The molecule has 3 aromatic rings. The lowest BCUT2D eigenvalue weighted by Crippen LogP contribution is -2.51. The summed E-state index contributed by atoms with van der Waals surface area (Å²) in [5.41, 5.74) is 3.68. The van der Waals surface area contributed by atoms with Crippen molar-refractivity contribution in [1.29, 1.82) is 0 Å². The van der Waals surface area contributed by atoms with E-state index < -0.39 is 0 Å². The molecular weight excluding hydrogens is 380 g/mol. The number of hydrogen-bond acceptors (Lipinski definition) is 2. The Kier molecular flexibility index (Phi) is 3.78. The molecule has 148 valence electrons. The third-order valence-electron chi connectivity index (χ3n) is 7.77. The van der Waals surface area contributed by atoms with Gasteiger partial charge in [-0.15, -0.1) is 0 Å². The molecule has 4 saturated carbocycles. The Morgan fingerprint density at radius 2 is 1.69 bits per heavy atom. The van der Waals surface area contributed by atoms with Gasteiger partial charge in [-0.1, -0.05) is 41.9 Å². The highest BCUT2D eigenvalue weighted by Crippen LogP contribution is 2.61. The number of benzene rings is 1. The fraction of sp³-hybridized carbons (Fsp3) is 0.440. The van der Waals surface area contributed by atoms with E-state index in [1.807, 2.05) is 28.8 Å². The SMILES string of the molecule is Cc1c(-c2ccccc2)n(C(=O)C23CC4CC(CC(C4)C2)C3)c2ncc(Cl)cc12. The highest BCUT2D eigenvalue weighted by molar-refractivity contribution is 6.31. The van der Waals surface area contributed by atoms with E-state index in [0.29, 0.717) is 5.02 Å². The summed E-state index contributed by atoms with van der Waals surface area (Å²) >= 11 is 6.28. The third-order valence-corrected chi connectivity index (χ3v) is 7.98. The van der Waals surface area contributed by atoms with Crippen LogP contribution in [0.3, 0.4) is 0 Å². The van der Waals surface area contributed by atoms with Crippen LogP contribution in [0.15, 0.2) is 42.6 Å². The molecule has 4 fully saturated rings. The van der Waals surface area contributed by atoms with Gasteiger partial charge in [-0.25, -0.2) is 4.98 Å². The molecule has 4 aliphatic rings. The lowest BCUT2D eigenvalue weighted by molar-refractivity contribution is -0.0397. The summed E-state index contributed by atoms with van der Waals surface area (Å²) < 4.78 is 1.95. The molecule has 1 aromatic carbocycles. The van der Waals surface area contributed by atoms with Gasteiger partial charge in [0.1, 0.15) is 5.65 Å². The zero-order valence-electron chi connectivity index (χ0n) is 16.7. The molecule has 0 unspecified atom stereocenters. The van der Waals surface area contributed by atoms with E-state index in [0.717, 1.165) is 64.9 Å². The van der Waals surface area contributed by atoms with Crippen LogP contribution in [0.25, 0.3) is 22.3 Å². The molecule has 0 aliphatic heterocycles. The molecule has 4 heteroatoms. The molecule has 29 heavy (non-hydrogen) atoms. The van der Waals surface area contributed by atoms with Crippen molar-refractivity contribution in [2.75, 3.05) is 0 Å². The second-order valence-electron chi connectivity index (χ2n) is 9.70. The number of aromatic nitrogens is 2.